The second-order valence-electron chi connectivity index (χ2n) is 7.88. The minimum Gasteiger partial charge on any atom is -0.494 e. The maximum atomic E-state index is 12.1. The first-order valence-electron chi connectivity index (χ1n) is 9.03. The van der Waals surface area contributed by atoms with Crippen LogP contribution < -0.4 is 10.1 Å². The second-order valence-corrected chi connectivity index (χ2v) is 10.1. The van der Waals surface area contributed by atoms with Crippen molar-refractivity contribution >= 4 is 15.9 Å². The van der Waals surface area contributed by atoms with E-state index in [0.717, 1.165) is 5.75 Å². The zero-order valence-corrected chi connectivity index (χ0v) is 16.9. The highest BCUT2D eigenvalue weighted by Gasteiger charge is 2.32. The molecular weight excluding hydrogens is 352 g/mol. The molecule has 1 aromatic rings. The van der Waals surface area contributed by atoms with Gasteiger partial charge in [0.25, 0.3) is 0 Å². The SMILES string of the molecule is CN(C(=O)NCCCOc1ccc(C(C)(C)C)cc1)C1CCS(=O)(=O)C1. The van der Waals surface area contributed by atoms with Gasteiger partial charge in [0.05, 0.1) is 18.1 Å². The molecule has 2 rings (SSSR count). The lowest BCUT2D eigenvalue weighted by Crippen LogP contribution is -2.44. The molecule has 1 aromatic carbocycles. The molecule has 1 heterocycles. The zero-order valence-electron chi connectivity index (χ0n) is 16.1. The Kier molecular flexibility index (Phi) is 6.55. The Morgan fingerprint density at radius 3 is 2.46 bits per heavy atom. The molecule has 1 atom stereocenters. The van der Waals surface area contributed by atoms with Gasteiger partial charge in [0.1, 0.15) is 5.75 Å². The van der Waals surface area contributed by atoms with Crippen LogP contribution in [0.3, 0.4) is 0 Å². The minimum absolute atomic E-state index is 0.0601. The first-order valence-corrected chi connectivity index (χ1v) is 10.8. The van der Waals surface area contributed by atoms with Gasteiger partial charge in [0, 0.05) is 19.6 Å². The summed E-state index contributed by atoms with van der Waals surface area (Å²) in [4.78, 5) is 13.6. The molecule has 6 nitrogen and oxygen atoms in total. The van der Waals surface area contributed by atoms with E-state index < -0.39 is 9.84 Å². The van der Waals surface area contributed by atoms with E-state index in [0.29, 0.717) is 26.0 Å². The summed E-state index contributed by atoms with van der Waals surface area (Å²) >= 11 is 0. The minimum atomic E-state index is -2.99. The molecular formula is C19H30N2O4S. The van der Waals surface area contributed by atoms with Crippen molar-refractivity contribution < 1.29 is 17.9 Å². The lowest BCUT2D eigenvalue weighted by Gasteiger charge is -2.23. The summed E-state index contributed by atoms with van der Waals surface area (Å²) in [5, 5.41) is 2.81. The molecule has 1 fully saturated rings. The monoisotopic (exact) mass is 382 g/mol. The smallest absolute Gasteiger partial charge is 0.317 e. The Morgan fingerprint density at radius 1 is 1.27 bits per heavy atom. The van der Waals surface area contributed by atoms with E-state index in [1.807, 2.05) is 12.1 Å². The summed E-state index contributed by atoms with van der Waals surface area (Å²) in [6, 6.07) is 7.61. The Bertz CT molecular complexity index is 708. The molecule has 1 aliphatic heterocycles. The quantitative estimate of drug-likeness (QED) is 0.767. The van der Waals surface area contributed by atoms with Crippen LogP contribution in [0.1, 0.15) is 39.2 Å². The number of benzene rings is 1. The van der Waals surface area contributed by atoms with E-state index in [1.54, 1.807) is 7.05 Å². The van der Waals surface area contributed by atoms with E-state index in [9.17, 15) is 13.2 Å². The summed E-state index contributed by atoms with van der Waals surface area (Å²) in [6.45, 7) is 7.51. The molecule has 0 bridgehead atoms. The highest BCUT2D eigenvalue weighted by molar-refractivity contribution is 7.91. The molecule has 1 saturated heterocycles. The van der Waals surface area contributed by atoms with Crippen LogP contribution in [0.15, 0.2) is 24.3 Å². The molecule has 7 heteroatoms. The fraction of sp³-hybridized carbons (Fsp3) is 0.632. The van der Waals surface area contributed by atoms with Gasteiger partial charge in [-0.3, -0.25) is 0 Å². The van der Waals surface area contributed by atoms with Gasteiger partial charge in [-0.25, -0.2) is 13.2 Å². The molecule has 1 N–H and O–H groups in total. The Hall–Kier alpha value is -1.76. The predicted molar refractivity (Wildman–Crippen MR) is 103 cm³/mol. The van der Waals surface area contributed by atoms with E-state index in [4.69, 9.17) is 4.74 Å². The Balaban J connectivity index is 1.66. The highest BCUT2D eigenvalue weighted by atomic mass is 32.2. The van der Waals surface area contributed by atoms with Crippen LogP contribution >= 0.6 is 0 Å². The molecule has 0 aliphatic carbocycles. The summed E-state index contributed by atoms with van der Waals surface area (Å²) in [5.41, 5.74) is 1.38. The topological polar surface area (TPSA) is 75.7 Å². The number of ether oxygens (including phenoxy) is 1. The van der Waals surface area contributed by atoms with Gasteiger partial charge in [-0.2, -0.15) is 0 Å². The van der Waals surface area contributed by atoms with Gasteiger partial charge in [-0.05, 0) is 36.0 Å². The number of urea groups is 1. The maximum absolute atomic E-state index is 12.1. The number of sulfone groups is 1. The van der Waals surface area contributed by atoms with Crippen LogP contribution in [0, 0.1) is 0 Å². The zero-order chi connectivity index (χ0) is 19.4. The van der Waals surface area contributed by atoms with Crippen LogP contribution in [-0.4, -0.2) is 57.1 Å². The highest BCUT2D eigenvalue weighted by Crippen LogP contribution is 2.24. The molecule has 0 aromatic heterocycles. The van der Waals surface area contributed by atoms with Crippen molar-refractivity contribution in [2.45, 2.75) is 45.1 Å². The average molecular weight is 383 g/mol. The summed E-state index contributed by atoms with van der Waals surface area (Å²) in [6.07, 6.45) is 1.20. The van der Waals surface area contributed by atoms with Crippen molar-refractivity contribution in [1.82, 2.24) is 10.2 Å². The third kappa shape index (κ3) is 5.90. The van der Waals surface area contributed by atoms with Crippen molar-refractivity contribution in [1.29, 1.82) is 0 Å². The number of hydrogen-bond acceptors (Lipinski definition) is 4. The van der Waals surface area contributed by atoms with Crippen LogP contribution in [0.2, 0.25) is 0 Å². The second kappa shape index (κ2) is 8.29. The number of nitrogens with one attached hydrogen (secondary N) is 1. The van der Waals surface area contributed by atoms with Gasteiger partial charge in [-0.15, -0.1) is 0 Å². The van der Waals surface area contributed by atoms with Crippen molar-refractivity contribution in [3.63, 3.8) is 0 Å². The van der Waals surface area contributed by atoms with Crippen LogP contribution in [-0.2, 0) is 15.3 Å². The predicted octanol–water partition coefficient (Wildman–Crippen LogP) is 2.58. The van der Waals surface area contributed by atoms with Crippen LogP contribution in [0.5, 0.6) is 5.75 Å². The van der Waals surface area contributed by atoms with E-state index in [-0.39, 0.29) is 29.0 Å². The van der Waals surface area contributed by atoms with Crippen molar-refractivity contribution in [3.05, 3.63) is 29.8 Å². The van der Waals surface area contributed by atoms with Gasteiger partial charge < -0.3 is 15.0 Å². The summed E-state index contributed by atoms with van der Waals surface area (Å²) in [5.74, 6) is 1.04. The number of rotatable bonds is 6. The lowest BCUT2D eigenvalue weighted by atomic mass is 9.87. The Labute approximate surface area is 156 Å². The Morgan fingerprint density at radius 2 is 1.92 bits per heavy atom. The van der Waals surface area contributed by atoms with Gasteiger partial charge in [-0.1, -0.05) is 32.9 Å². The fourth-order valence-corrected chi connectivity index (χ4v) is 4.65. The van der Waals surface area contributed by atoms with Crippen molar-refractivity contribution in [2.75, 3.05) is 31.7 Å². The average Bonchev–Trinajstić information content (AvgIpc) is 2.93. The van der Waals surface area contributed by atoms with E-state index in [2.05, 4.69) is 38.2 Å². The largest absolute Gasteiger partial charge is 0.494 e. The van der Waals surface area contributed by atoms with Gasteiger partial charge in [0.2, 0.25) is 0 Å². The third-order valence-corrected chi connectivity index (χ3v) is 6.41. The number of carbonyl (C=O) groups excluding carboxylic acids is 1. The van der Waals surface area contributed by atoms with Gasteiger partial charge in [0.15, 0.2) is 9.84 Å². The first-order chi connectivity index (χ1) is 12.1. The molecule has 26 heavy (non-hydrogen) atoms. The number of amides is 2. The first kappa shape index (κ1) is 20.6. The van der Waals surface area contributed by atoms with Crippen molar-refractivity contribution in [3.8, 4) is 5.75 Å². The number of carbonyl (C=O) groups is 1. The molecule has 0 radical (unpaired) electrons. The summed E-state index contributed by atoms with van der Waals surface area (Å²) < 4.78 is 28.7. The van der Waals surface area contributed by atoms with E-state index >= 15 is 0 Å². The van der Waals surface area contributed by atoms with E-state index in [1.165, 1.54) is 10.5 Å². The fourth-order valence-electron chi connectivity index (χ4n) is 2.88. The molecule has 1 aliphatic rings. The molecule has 0 saturated carbocycles. The maximum Gasteiger partial charge on any atom is 0.317 e. The number of nitrogens with zero attached hydrogens (tertiary/aromatic N) is 1. The van der Waals surface area contributed by atoms with Crippen LogP contribution in [0.4, 0.5) is 4.79 Å². The third-order valence-electron chi connectivity index (χ3n) is 4.66. The molecule has 1 unspecified atom stereocenters. The summed E-state index contributed by atoms with van der Waals surface area (Å²) in [7, 11) is -1.34. The standard InChI is InChI=1S/C19H30N2O4S/c1-19(2,3)15-6-8-17(9-7-15)25-12-5-11-20-18(22)21(4)16-10-13-26(23,24)14-16/h6-9,16H,5,10-14H2,1-4H3,(H,20,22). The number of hydrogen-bond donors (Lipinski definition) is 1. The van der Waals surface area contributed by atoms with Crippen LogP contribution in [0.25, 0.3) is 0 Å². The lowest BCUT2D eigenvalue weighted by molar-refractivity contribution is 0.194. The van der Waals surface area contributed by atoms with Crippen molar-refractivity contribution in [2.24, 2.45) is 0 Å². The molecule has 0 spiro atoms. The normalized spacial score (nSPS) is 19.2. The molecule has 146 valence electrons. The van der Waals surface area contributed by atoms with Gasteiger partial charge >= 0.3 is 6.03 Å². The molecule has 2 amide bonds.